The zero-order valence-electron chi connectivity index (χ0n) is 8.93. The Kier molecular flexibility index (Phi) is 2.76. The number of rotatable bonds is 4. The Bertz CT molecular complexity index is 387. The molecule has 0 radical (unpaired) electrons. The maximum Gasteiger partial charge on any atom is 0.172 e. The van der Waals surface area contributed by atoms with Gasteiger partial charge in [-0.2, -0.15) is 0 Å². The number of hydrogen-bond donors (Lipinski definition) is 2. The summed E-state index contributed by atoms with van der Waals surface area (Å²) in [6, 6.07) is 0. The first-order valence-electron chi connectivity index (χ1n) is 4.97. The van der Waals surface area contributed by atoms with E-state index in [1.807, 2.05) is 0 Å². The van der Waals surface area contributed by atoms with Crippen LogP contribution in [0, 0.1) is 0 Å². The number of aliphatic hydroxyl groups is 2. The van der Waals surface area contributed by atoms with Crippen molar-refractivity contribution in [1.29, 1.82) is 0 Å². The first kappa shape index (κ1) is 10.8. The van der Waals surface area contributed by atoms with Crippen molar-refractivity contribution < 1.29 is 10.2 Å². The Morgan fingerprint density at radius 3 is 1.94 bits per heavy atom. The fourth-order valence-electron chi connectivity index (χ4n) is 1.84. The van der Waals surface area contributed by atoms with Crippen LogP contribution in [0.4, 0.5) is 0 Å². The zero-order valence-corrected chi connectivity index (χ0v) is 8.93. The van der Waals surface area contributed by atoms with Crippen LogP contribution in [0.2, 0.25) is 0 Å². The van der Waals surface area contributed by atoms with Gasteiger partial charge >= 0.3 is 0 Å². The van der Waals surface area contributed by atoms with Gasteiger partial charge in [0.1, 0.15) is 0 Å². The highest BCUT2D eigenvalue weighted by molar-refractivity contribution is 4.99. The third-order valence-corrected chi connectivity index (χ3v) is 2.80. The van der Waals surface area contributed by atoms with Crippen molar-refractivity contribution in [2.75, 3.05) is 6.61 Å². The highest BCUT2D eigenvalue weighted by atomic mass is 16.3. The van der Waals surface area contributed by atoms with Crippen molar-refractivity contribution in [1.82, 2.24) is 19.1 Å². The fourth-order valence-corrected chi connectivity index (χ4v) is 1.84. The third-order valence-electron chi connectivity index (χ3n) is 2.80. The summed E-state index contributed by atoms with van der Waals surface area (Å²) in [7, 11) is 0. The molecule has 0 spiro atoms. The predicted molar refractivity (Wildman–Crippen MR) is 56.6 cm³/mol. The summed E-state index contributed by atoms with van der Waals surface area (Å²) in [5.41, 5.74) is -0.993. The molecule has 2 aromatic heterocycles. The lowest BCUT2D eigenvalue weighted by Gasteiger charge is -2.37. The van der Waals surface area contributed by atoms with Crippen LogP contribution in [-0.2, 0) is 5.66 Å². The molecule has 2 heterocycles. The van der Waals surface area contributed by atoms with Crippen molar-refractivity contribution in [3.05, 3.63) is 37.4 Å². The molecular weight excluding hydrogens is 208 g/mol. The first-order chi connectivity index (χ1) is 7.71. The van der Waals surface area contributed by atoms with Gasteiger partial charge in [0.25, 0.3) is 0 Å². The zero-order chi connectivity index (χ0) is 11.6. The quantitative estimate of drug-likeness (QED) is 0.741. The smallest absolute Gasteiger partial charge is 0.172 e. The average molecular weight is 222 g/mol. The van der Waals surface area contributed by atoms with Gasteiger partial charge in [-0.25, -0.2) is 9.97 Å². The minimum atomic E-state index is -0.993. The molecule has 0 aromatic carbocycles. The second kappa shape index (κ2) is 4.07. The van der Waals surface area contributed by atoms with Crippen molar-refractivity contribution >= 4 is 0 Å². The molecule has 0 aliphatic rings. The molecule has 0 bridgehead atoms. The van der Waals surface area contributed by atoms with E-state index in [0.717, 1.165) is 0 Å². The Labute approximate surface area is 92.8 Å². The van der Waals surface area contributed by atoms with Gasteiger partial charge in [0.05, 0.1) is 25.4 Å². The van der Waals surface area contributed by atoms with Crippen LogP contribution in [0.5, 0.6) is 0 Å². The highest BCUT2D eigenvalue weighted by Crippen LogP contribution is 2.23. The largest absolute Gasteiger partial charge is 0.392 e. The summed E-state index contributed by atoms with van der Waals surface area (Å²) in [4.78, 5) is 7.87. The van der Waals surface area contributed by atoms with Crippen LogP contribution in [0.15, 0.2) is 37.4 Å². The summed E-state index contributed by atoms with van der Waals surface area (Å²) in [5, 5.41) is 19.6. The lowest BCUT2D eigenvalue weighted by molar-refractivity contribution is -0.0185. The Morgan fingerprint density at radius 2 is 1.69 bits per heavy atom. The summed E-state index contributed by atoms with van der Waals surface area (Å²) in [6.45, 7) is 1.37. The molecule has 6 heteroatoms. The second-order valence-corrected chi connectivity index (χ2v) is 3.65. The SMILES string of the molecule is CC(O)C(CO)(n1ccnc1)n1ccnc1. The third kappa shape index (κ3) is 1.43. The summed E-state index contributed by atoms with van der Waals surface area (Å²) >= 11 is 0. The van der Waals surface area contributed by atoms with Crippen LogP contribution in [0.3, 0.4) is 0 Å². The first-order valence-corrected chi connectivity index (χ1v) is 4.97. The van der Waals surface area contributed by atoms with Crippen LogP contribution < -0.4 is 0 Å². The molecule has 2 aromatic rings. The highest BCUT2D eigenvalue weighted by Gasteiger charge is 2.38. The number of aliphatic hydroxyl groups excluding tert-OH is 2. The number of aromatic nitrogens is 4. The maximum atomic E-state index is 9.95. The van der Waals surface area contributed by atoms with Crippen LogP contribution in [0.25, 0.3) is 0 Å². The molecule has 0 fully saturated rings. The molecule has 86 valence electrons. The standard InChI is InChI=1S/C10H14N4O2/c1-9(16)10(6-15,13-4-2-11-7-13)14-5-3-12-8-14/h2-5,7-9,15-16H,6H2,1H3. The minimum Gasteiger partial charge on any atom is -0.392 e. The lowest BCUT2D eigenvalue weighted by Crippen LogP contribution is -2.52. The van der Waals surface area contributed by atoms with E-state index in [1.165, 1.54) is 0 Å². The van der Waals surface area contributed by atoms with Gasteiger partial charge in [-0.15, -0.1) is 0 Å². The van der Waals surface area contributed by atoms with Gasteiger partial charge in [0.15, 0.2) is 5.66 Å². The van der Waals surface area contributed by atoms with Crippen molar-refractivity contribution in [2.24, 2.45) is 0 Å². The predicted octanol–water partition coefficient (Wildman–Crippen LogP) is -0.346. The van der Waals surface area contributed by atoms with Crippen molar-refractivity contribution in [3.8, 4) is 0 Å². The number of imidazole rings is 2. The molecule has 0 aliphatic carbocycles. The molecule has 1 atom stereocenters. The second-order valence-electron chi connectivity index (χ2n) is 3.65. The van der Waals surface area contributed by atoms with E-state index in [2.05, 4.69) is 9.97 Å². The number of hydrogen-bond acceptors (Lipinski definition) is 4. The molecule has 0 saturated carbocycles. The van der Waals surface area contributed by atoms with Gasteiger partial charge in [0.2, 0.25) is 0 Å². The Morgan fingerprint density at radius 1 is 1.19 bits per heavy atom. The molecular formula is C10H14N4O2. The Hall–Kier alpha value is -1.66. The summed E-state index contributed by atoms with van der Waals surface area (Å²) in [6.07, 6.45) is 8.92. The molecule has 6 nitrogen and oxygen atoms in total. The van der Waals surface area contributed by atoms with Crippen LogP contribution in [-0.4, -0.2) is 42.0 Å². The molecule has 2 N–H and O–H groups in total. The summed E-state index contributed by atoms with van der Waals surface area (Å²) in [5.74, 6) is 0. The van der Waals surface area contributed by atoms with Crippen molar-refractivity contribution in [2.45, 2.75) is 18.7 Å². The minimum absolute atomic E-state index is 0.253. The van der Waals surface area contributed by atoms with Gasteiger partial charge in [-0.1, -0.05) is 0 Å². The summed E-state index contributed by atoms with van der Waals surface area (Å²) < 4.78 is 3.33. The molecule has 0 aliphatic heterocycles. The van der Waals surface area contributed by atoms with Crippen molar-refractivity contribution in [3.63, 3.8) is 0 Å². The fraction of sp³-hybridized carbons (Fsp3) is 0.400. The van der Waals surface area contributed by atoms with Gasteiger partial charge < -0.3 is 19.3 Å². The van der Waals surface area contributed by atoms with Crippen LogP contribution in [0.1, 0.15) is 6.92 Å². The van der Waals surface area contributed by atoms with Gasteiger partial charge in [0, 0.05) is 24.8 Å². The topological polar surface area (TPSA) is 76.1 Å². The van der Waals surface area contributed by atoms with Gasteiger partial charge in [-0.3, -0.25) is 0 Å². The van der Waals surface area contributed by atoms with E-state index in [9.17, 15) is 10.2 Å². The van der Waals surface area contributed by atoms with E-state index >= 15 is 0 Å². The average Bonchev–Trinajstić information content (AvgIpc) is 2.89. The van der Waals surface area contributed by atoms with E-state index in [4.69, 9.17) is 0 Å². The normalized spacial score (nSPS) is 13.9. The van der Waals surface area contributed by atoms with E-state index in [0.29, 0.717) is 0 Å². The van der Waals surface area contributed by atoms with Gasteiger partial charge in [-0.05, 0) is 6.92 Å². The molecule has 2 rings (SSSR count). The van der Waals surface area contributed by atoms with Crippen LogP contribution >= 0.6 is 0 Å². The monoisotopic (exact) mass is 222 g/mol. The lowest BCUT2D eigenvalue weighted by atomic mass is 10.1. The molecule has 1 unspecified atom stereocenters. The molecule has 16 heavy (non-hydrogen) atoms. The van der Waals surface area contributed by atoms with E-state index < -0.39 is 11.8 Å². The number of nitrogens with zero attached hydrogens (tertiary/aromatic N) is 4. The molecule has 0 saturated heterocycles. The molecule has 0 amide bonds. The van der Waals surface area contributed by atoms with E-state index in [1.54, 1.807) is 53.5 Å². The Balaban J connectivity index is 2.56. The maximum absolute atomic E-state index is 9.95. The van der Waals surface area contributed by atoms with E-state index in [-0.39, 0.29) is 6.61 Å².